The number of carbonyl (C=O) groups is 1. The van der Waals surface area contributed by atoms with E-state index in [0.717, 1.165) is 12.1 Å². The number of benzene rings is 1. The van der Waals surface area contributed by atoms with E-state index in [-0.39, 0.29) is 6.54 Å². The van der Waals surface area contributed by atoms with Crippen molar-refractivity contribution in [1.29, 1.82) is 0 Å². The first-order chi connectivity index (χ1) is 11.5. The highest BCUT2D eigenvalue weighted by Crippen LogP contribution is 2.21. The van der Waals surface area contributed by atoms with Crippen LogP contribution in [0, 0.1) is 0 Å². The number of halogens is 3. The molecule has 140 valence electrons. The third-order valence-electron chi connectivity index (χ3n) is 3.91. The summed E-state index contributed by atoms with van der Waals surface area (Å²) in [7, 11) is 0. The van der Waals surface area contributed by atoms with E-state index in [4.69, 9.17) is 10.5 Å². The normalized spacial score (nSPS) is 16.1. The van der Waals surface area contributed by atoms with Crippen LogP contribution in [0.25, 0.3) is 0 Å². The van der Waals surface area contributed by atoms with Gasteiger partial charge in [-0.25, -0.2) is 4.79 Å². The standard InChI is InChI=1S/C16H24BF3N3O2/c1-16(2,3)25-15(24)23-6-4-22(5-7-23)14-9-12(11-21)8-13(10-14)17(18,19)20/h8-10H,4-7,11,21H2,1-3H3/q-1. The Balaban J connectivity index is 2.09. The van der Waals surface area contributed by atoms with Crippen molar-refractivity contribution in [3.63, 3.8) is 0 Å². The minimum absolute atomic E-state index is 0.0465. The Morgan fingerprint density at radius 1 is 1.16 bits per heavy atom. The number of hydrogen-bond donors (Lipinski definition) is 1. The third kappa shape index (κ3) is 5.29. The summed E-state index contributed by atoms with van der Waals surface area (Å²) in [6.45, 7) is 2.01. The topological polar surface area (TPSA) is 58.8 Å². The zero-order chi connectivity index (χ0) is 18.8. The number of nitrogens with zero attached hydrogens (tertiary/aromatic N) is 2. The summed E-state index contributed by atoms with van der Waals surface area (Å²) in [6, 6.07) is 3.93. The Kier molecular flexibility index (Phi) is 5.56. The van der Waals surface area contributed by atoms with Crippen molar-refractivity contribution in [2.45, 2.75) is 32.9 Å². The van der Waals surface area contributed by atoms with Crippen LogP contribution in [0.5, 0.6) is 0 Å². The highest BCUT2D eigenvalue weighted by molar-refractivity contribution is 6.73. The van der Waals surface area contributed by atoms with Gasteiger partial charge in [0.05, 0.1) is 0 Å². The number of rotatable bonds is 3. The fourth-order valence-corrected chi connectivity index (χ4v) is 2.66. The van der Waals surface area contributed by atoms with E-state index in [1.807, 2.05) is 4.90 Å². The SMILES string of the molecule is CC(C)(C)OC(=O)N1CCN(c2cc(CN)cc([B-](F)(F)F)c2)CC1. The van der Waals surface area contributed by atoms with Gasteiger partial charge in [-0.05, 0) is 32.4 Å². The smallest absolute Gasteiger partial charge is 0.445 e. The van der Waals surface area contributed by atoms with Crippen LogP contribution in [0.1, 0.15) is 26.3 Å². The summed E-state index contributed by atoms with van der Waals surface area (Å²) >= 11 is 0. The third-order valence-corrected chi connectivity index (χ3v) is 3.91. The Labute approximate surface area is 146 Å². The summed E-state index contributed by atoms with van der Waals surface area (Å²) in [6.07, 6.45) is -0.401. The molecule has 2 N–H and O–H groups in total. The van der Waals surface area contributed by atoms with Crippen LogP contribution in [-0.2, 0) is 11.3 Å². The lowest BCUT2D eigenvalue weighted by atomic mass is 9.79. The molecule has 1 aromatic rings. The summed E-state index contributed by atoms with van der Waals surface area (Å²) in [4.78, 5) is 15.5. The van der Waals surface area contributed by atoms with E-state index in [0.29, 0.717) is 37.4 Å². The van der Waals surface area contributed by atoms with Gasteiger partial charge in [-0.15, -0.1) is 5.46 Å². The fraction of sp³-hybridized carbons (Fsp3) is 0.562. The maximum absolute atomic E-state index is 13.1. The molecule has 25 heavy (non-hydrogen) atoms. The van der Waals surface area contributed by atoms with Gasteiger partial charge >= 0.3 is 13.1 Å². The molecule has 1 aliphatic heterocycles. The van der Waals surface area contributed by atoms with Crippen LogP contribution >= 0.6 is 0 Å². The Morgan fingerprint density at radius 2 is 1.76 bits per heavy atom. The molecule has 5 nitrogen and oxygen atoms in total. The molecule has 1 fully saturated rings. The van der Waals surface area contributed by atoms with Gasteiger partial charge in [-0.1, -0.05) is 12.1 Å². The van der Waals surface area contributed by atoms with Crippen molar-refractivity contribution >= 4 is 24.2 Å². The summed E-state index contributed by atoms with van der Waals surface area (Å²) in [5.74, 6) is 0. The molecule has 2 rings (SSSR count). The molecule has 1 aliphatic rings. The van der Waals surface area contributed by atoms with Gasteiger partial charge in [-0.2, -0.15) is 0 Å². The monoisotopic (exact) mass is 358 g/mol. The second-order valence-electron chi connectivity index (χ2n) is 7.17. The molecule has 1 aromatic carbocycles. The zero-order valence-corrected chi connectivity index (χ0v) is 14.8. The predicted molar refractivity (Wildman–Crippen MR) is 93.1 cm³/mol. The molecule has 9 heteroatoms. The first-order valence-corrected chi connectivity index (χ1v) is 8.26. The van der Waals surface area contributed by atoms with Crippen molar-refractivity contribution in [3.8, 4) is 0 Å². The zero-order valence-electron chi connectivity index (χ0n) is 14.8. The number of hydrogen-bond acceptors (Lipinski definition) is 4. The molecular weight excluding hydrogens is 334 g/mol. The first-order valence-electron chi connectivity index (χ1n) is 8.26. The van der Waals surface area contributed by atoms with Crippen molar-refractivity contribution in [1.82, 2.24) is 4.90 Å². The highest BCUT2D eigenvalue weighted by atomic mass is 19.4. The van der Waals surface area contributed by atoms with E-state index in [1.54, 1.807) is 31.7 Å². The lowest BCUT2D eigenvalue weighted by Gasteiger charge is -2.37. The van der Waals surface area contributed by atoms with Gasteiger partial charge in [0, 0.05) is 38.4 Å². The van der Waals surface area contributed by atoms with Gasteiger partial charge < -0.3 is 33.2 Å². The molecule has 0 unspecified atom stereocenters. The largest absolute Gasteiger partial charge is 0.509 e. The lowest BCUT2D eigenvalue weighted by molar-refractivity contribution is 0.0240. The number of nitrogens with two attached hydrogens (primary N) is 1. The van der Waals surface area contributed by atoms with Gasteiger partial charge in [0.25, 0.3) is 0 Å². The first kappa shape index (κ1) is 19.4. The van der Waals surface area contributed by atoms with Crippen molar-refractivity contribution in [3.05, 3.63) is 23.8 Å². The molecule has 0 spiro atoms. The van der Waals surface area contributed by atoms with Crippen molar-refractivity contribution in [2.24, 2.45) is 5.73 Å². The van der Waals surface area contributed by atoms with Crippen LogP contribution in [0.3, 0.4) is 0 Å². The minimum Gasteiger partial charge on any atom is -0.445 e. The number of anilines is 1. The van der Waals surface area contributed by atoms with E-state index in [9.17, 15) is 17.7 Å². The molecular formula is C16H24BF3N3O2-. The van der Waals surface area contributed by atoms with E-state index < -0.39 is 24.1 Å². The number of carbonyl (C=O) groups excluding carboxylic acids is 1. The molecule has 0 bridgehead atoms. The highest BCUT2D eigenvalue weighted by Gasteiger charge is 2.29. The maximum Gasteiger partial charge on any atom is 0.509 e. The molecule has 0 saturated carbocycles. The number of ether oxygens (including phenoxy) is 1. The fourth-order valence-electron chi connectivity index (χ4n) is 2.66. The predicted octanol–water partition coefficient (Wildman–Crippen LogP) is 2.26. The quantitative estimate of drug-likeness (QED) is 0.843. The van der Waals surface area contributed by atoms with Crippen molar-refractivity contribution < 1.29 is 22.5 Å². The van der Waals surface area contributed by atoms with Crippen LogP contribution in [0.4, 0.5) is 23.4 Å². The van der Waals surface area contributed by atoms with Crippen LogP contribution in [0.2, 0.25) is 0 Å². The second-order valence-corrected chi connectivity index (χ2v) is 7.17. The van der Waals surface area contributed by atoms with Gasteiger partial charge in [0.15, 0.2) is 0 Å². The number of amides is 1. The van der Waals surface area contributed by atoms with Crippen LogP contribution < -0.4 is 16.1 Å². The molecule has 0 aliphatic carbocycles. The molecule has 0 aromatic heterocycles. The summed E-state index contributed by atoms with van der Waals surface area (Å²) < 4.78 is 44.7. The summed E-state index contributed by atoms with van der Waals surface area (Å²) in [5, 5.41) is 0. The van der Waals surface area contributed by atoms with E-state index >= 15 is 0 Å². The van der Waals surface area contributed by atoms with Gasteiger partial charge in [0.1, 0.15) is 5.60 Å². The van der Waals surface area contributed by atoms with Crippen molar-refractivity contribution in [2.75, 3.05) is 31.1 Å². The molecule has 1 saturated heterocycles. The Hall–Kier alpha value is -1.90. The molecule has 1 heterocycles. The van der Waals surface area contributed by atoms with E-state index in [2.05, 4.69) is 0 Å². The minimum atomic E-state index is -5.09. The number of piperazine rings is 1. The van der Waals surface area contributed by atoms with Gasteiger partial charge in [-0.3, -0.25) is 0 Å². The average molecular weight is 358 g/mol. The summed E-state index contributed by atoms with van der Waals surface area (Å²) in [5.41, 5.74) is 5.24. The molecule has 1 amide bonds. The van der Waals surface area contributed by atoms with Crippen LogP contribution in [0.15, 0.2) is 18.2 Å². The molecule has 0 atom stereocenters. The van der Waals surface area contributed by atoms with Gasteiger partial charge in [0.2, 0.25) is 0 Å². The van der Waals surface area contributed by atoms with E-state index in [1.165, 1.54) is 0 Å². The van der Waals surface area contributed by atoms with Crippen LogP contribution in [-0.4, -0.2) is 49.8 Å². The average Bonchev–Trinajstić information content (AvgIpc) is 2.52. The Morgan fingerprint density at radius 3 is 2.24 bits per heavy atom. The lowest BCUT2D eigenvalue weighted by Crippen LogP contribution is -2.50. The Bertz CT molecular complexity index is 624. The second kappa shape index (κ2) is 7.15. The molecule has 0 radical (unpaired) electrons. The maximum atomic E-state index is 13.1.